The average molecular weight is 270 g/mol. The molecule has 0 aliphatic rings. The summed E-state index contributed by atoms with van der Waals surface area (Å²) < 4.78 is 0. The van der Waals surface area contributed by atoms with E-state index in [1.165, 1.54) is 38.5 Å². The van der Waals surface area contributed by atoms with Crippen LogP contribution in [-0.4, -0.2) is 12.6 Å². The van der Waals surface area contributed by atoms with Gasteiger partial charge in [-0.3, -0.25) is 0 Å². The summed E-state index contributed by atoms with van der Waals surface area (Å²) in [6.07, 6.45) is 7.99. The Labute approximate surface area is 122 Å². The molecule has 0 heterocycles. The summed E-state index contributed by atoms with van der Waals surface area (Å²) in [6.45, 7) is 17.7. The van der Waals surface area contributed by atoms with Gasteiger partial charge >= 0.3 is 0 Å². The van der Waals surface area contributed by atoms with Crippen LogP contribution in [0.5, 0.6) is 0 Å². The van der Waals surface area contributed by atoms with Gasteiger partial charge in [-0.15, -0.1) is 0 Å². The first-order chi connectivity index (χ1) is 8.87. The molecule has 0 aromatic carbocycles. The van der Waals surface area contributed by atoms with Crippen molar-refractivity contribution in [2.45, 2.75) is 93.0 Å². The van der Waals surface area contributed by atoms with E-state index in [0.29, 0.717) is 11.5 Å². The van der Waals surface area contributed by atoms with E-state index in [-0.39, 0.29) is 0 Å². The largest absolute Gasteiger partial charge is 0.314 e. The van der Waals surface area contributed by atoms with Gasteiger partial charge in [0.05, 0.1) is 0 Å². The lowest BCUT2D eigenvalue weighted by atomic mass is 9.79. The van der Waals surface area contributed by atoms with Crippen molar-refractivity contribution in [3.8, 4) is 0 Å². The van der Waals surface area contributed by atoms with E-state index in [4.69, 9.17) is 0 Å². The molecule has 0 saturated heterocycles. The molecule has 0 aromatic rings. The Balaban J connectivity index is 4.10. The van der Waals surface area contributed by atoms with Crippen molar-refractivity contribution >= 4 is 0 Å². The predicted octanol–water partition coefficient (Wildman–Crippen LogP) is 5.64. The zero-order valence-corrected chi connectivity index (χ0v) is 14.7. The summed E-state index contributed by atoms with van der Waals surface area (Å²) in [6, 6.07) is 0.666. The first-order valence-electron chi connectivity index (χ1n) is 8.61. The zero-order valence-electron chi connectivity index (χ0n) is 14.7. The van der Waals surface area contributed by atoms with Crippen LogP contribution in [0.4, 0.5) is 0 Å². The highest BCUT2D eigenvalue weighted by Crippen LogP contribution is 2.30. The predicted molar refractivity (Wildman–Crippen MR) is 88.6 cm³/mol. The summed E-state index contributed by atoms with van der Waals surface area (Å²) in [5, 5.41) is 3.68. The standard InChI is InChI=1S/C18H39N/c1-8-14-19-16(5)17(9-2)15(4)12-11-13-18(6,7)10-3/h15-17,19H,8-14H2,1-7H3/t15?,16-,17?/m1/s1. The van der Waals surface area contributed by atoms with E-state index >= 15 is 0 Å². The topological polar surface area (TPSA) is 12.0 Å². The van der Waals surface area contributed by atoms with Crippen molar-refractivity contribution in [3.63, 3.8) is 0 Å². The molecule has 19 heavy (non-hydrogen) atoms. The van der Waals surface area contributed by atoms with Crippen molar-refractivity contribution < 1.29 is 0 Å². The van der Waals surface area contributed by atoms with Crippen LogP contribution in [0.15, 0.2) is 0 Å². The Morgan fingerprint density at radius 1 is 1.05 bits per heavy atom. The van der Waals surface area contributed by atoms with Gasteiger partial charge in [0.2, 0.25) is 0 Å². The molecule has 3 atom stereocenters. The van der Waals surface area contributed by atoms with Crippen molar-refractivity contribution in [2.75, 3.05) is 6.54 Å². The van der Waals surface area contributed by atoms with E-state index in [1.807, 2.05) is 0 Å². The SMILES string of the molecule is CCCN[C@H](C)C(CC)C(C)CCCC(C)(C)CC. The molecular weight excluding hydrogens is 230 g/mol. The van der Waals surface area contributed by atoms with E-state index in [0.717, 1.165) is 18.4 Å². The first-order valence-corrected chi connectivity index (χ1v) is 8.61. The Bertz CT molecular complexity index is 210. The van der Waals surface area contributed by atoms with Gasteiger partial charge in [0.25, 0.3) is 0 Å². The number of hydrogen-bond donors (Lipinski definition) is 1. The van der Waals surface area contributed by atoms with Crippen LogP contribution in [0.2, 0.25) is 0 Å². The fourth-order valence-electron chi connectivity index (χ4n) is 3.07. The maximum Gasteiger partial charge on any atom is 0.00694 e. The van der Waals surface area contributed by atoms with Gasteiger partial charge in [-0.1, -0.05) is 67.2 Å². The molecule has 1 nitrogen and oxygen atoms in total. The van der Waals surface area contributed by atoms with Gasteiger partial charge in [-0.05, 0) is 43.6 Å². The molecule has 0 radical (unpaired) electrons. The van der Waals surface area contributed by atoms with E-state index in [9.17, 15) is 0 Å². The van der Waals surface area contributed by atoms with Gasteiger partial charge in [-0.25, -0.2) is 0 Å². The molecule has 0 bridgehead atoms. The molecule has 0 aliphatic heterocycles. The Morgan fingerprint density at radius 3 is 2.16 bits per heavy atom. The van der Waals surface area contributed by atoms with Crippen LogP contribution in [-0.2, 0) is 0 Å². The van der Waals surface area contributed by atoms with Crippen molar-refractivity contribution in [3.05, 3.63) is 0 Å². The summed E-state index contributed by atoms with van der Waals surface area (Å²) in [7, 11) is 0. The normalized spacial score (nSPS) is 17.2. The molecule has 0 aliphatic carbocycles. The van der Waals surface area contributed by atoms with Gasteiger partial charge in [-0.2, -0.15) is 0 Å². The Hall–Kier alpha value is -0.0400. The van der Waals surface area contributed by atoms with Crippen LogP contribution >= 0.6 is 0 Å². The molecule has 0 fully saturated rings. The van der Waals surface area contributed by atoms with Crippen molar-refractivity contribution in [1.82, 2.24) is 5.32 Å². The van der Waals surface area contributed by atoms with Crippen LogP contribution < -0.4 is 5.32 Å². The fourth-order valence-corrected chi connectivity index (χ4v) is 3.07. The molecule has 0 rings (SSSR count). The van der Waals surface area contributed by atoms with E-state index in [1.54, 1.807) is 0 Å². The maximum absolute atomic E-state index is 3.68. The zero-order chi connectivity index (χ0) is 14.9. The minimum absolute atomic E-state index is 0.535. The highest BCUT2D eigenvalue weighted by atomic mass is 14.9. The average Bonchev–Trinajstić information content (AvgIpc) is 2.37. The summed E-state index contributed by atoms with van der Waals surface area (Å²) in [5.74, 6) is 1.67. The second kappa shape index (κ2) is 9.80. The van der Waals surface area contributed by atoms with Gasteiger partial charge in [0.15, 0.2) is 0 Å². The summed E-state index contributed by atoms with van der Waals surface area (Å²) >= 11 is 0. The highest BCUT2D eigenvalue weighted by Gasteiger charge is 2.22. The van der Waals surface area contributed by atoms with Crippen molar-refractivity contribution in [1.29, 1.82) is 0 Å². The van der Waals surface area contributed by atoms with Gasteiger partial charge < -0.3 is 5.32 Å². The molecule has 0 spiro atoms. The summed E-state index contributed by atoms with van der Waals surface area (Å²) in [4.78, 5) is 0. The maximum atomic E-state index is 3.68. The van der Waals surface area contributed by atoms with E-state index < -0.39 is 0 Å². The monoisotopic (exact) mass is 269 g/mol. The molecule has 116 valence electrons. The Kier molecular flexibility index (Phi) is 9.78. The lowest BCUT2D eigenvalue weighted by molar-refractivity contribution is 0.232. The molecule has 0 aromatic heterocycles. The number of hydrogen-bond acceptors (Lipinski definition) is 1. The molecule has 2 unspecified atom stereocenters. The number of nitrogens with one attached hydrogen (secondary N) is 1. The molecule has 1 N–H and O–H groups in total. The van der Waals surface area contributed by atoms with Crippen LogP contribution in [0, 0.1) is 17.3 Å². The van der Waals surface area contributed by atoms with Crippen molar-refractivity contribution in [2.24, 2.45) is 17.3 Å². The van der Waals surface area contributed by atoms with Crippen LogP contribution in [0.25, 0.3) is 0 Å². The van der Waals surface area contributed by atoms with Crippen LogP contribution in [0.1, 0.15) is 87.0 Å². The summed E-state index contributed by atoms with van der Waals surface area (Å²) in [5.41, 5.74) is 0.535. The molecule has 0 saturated carbocycles. The third kappa shape index (κ3) is 7.97. The van der Waals surface area contributed by atoms with Crippen LogP contribution in [0.3, 0.4) is 0 Å². The third-order valence-corrected chi connectivity index (χ3v) is 5.03. The Morgan fingerprint density at radius 2 is 1.68 bits per heavy atom. The second-order valence-electron chi connectivity index (χ2n) is 7.20. The fraction of sp³-hybridized carbons (Fsp3) is 1.00. The first kappa shape index (κ1) is 19.0. The second-order valence-corrected chi connectivity index (χ2v) is 7.20. The highest BCUT2D eigenvalue weighted by molar-refractivity contribution is 4.77. The van der Waals surface area contributed by atoms with Gasteiger partial charge in [0.1, 0.15) is 0 Å². The molecular formula is C18H39N. The lowest BCUT2D eigenvalue weighted by Crippen LogP contribution is -2.37. The third-order valence-electron chi connectivity index (χ3n) is 5.03. The van der Waals surface area contributed by atoms with Gasteiger partial charge in [0, 0.05) is 6.04 Å². The minimum Gasteiger partial charge on any atom is -0.314 e. The minimum atomic E-state index is 0.535. The molecule has 1 heteroatoms. The lowest BCUT2D eigenvalue weighted by Gasteiger charge is -2.30. The quantitative estimate of drug-likeness (QED) is 0.511. The smallest absolute Gasteiger partial charge is 0.00694 e. The number of rotatable bonds is 11. The molecule has 0 amide bonds. The van der Waals surface area contributed by atoms with E-state index in [2.05, 4.69) is 53.8 Å².